The molecule has 17 heteroatoms. The lowest BCUT2D eigenvalue weighted by Crippen LogP contribution is -2.67. The van der Waals surface area contributed by atoms with E-state index in [0.717, 1.165) is 0 Å². The van der Waals surface area contributed by atoms with Gasteiger partial charge in [-0.05, 0) is 63.2 Å². The molecule has 53 heavy (non-hydrogen) atoms. The average Bonchev–Trinajstić information content (AvgIpc) is 3.36. The van der Waals surface area contributed by atoms with Crippen molar-refractivity contribution in [3.05, 3.63) is 36.1 Å². The van der Waals surface area contributed by atoms with Crippen LogP contribution in [0.3, 0.4) is 0 Å². The topological polar surface area (TPSA) is 275 Å². The zero-order chi connectivity index (χ0) is 39.3. The standard InChI is InChI=1S/C36H56O17/c1-17(7-11-36(47)33(2,3)9-6-10-35(36,5)53-32-29(45)27(43)25(41)21(16-38)51-32)13-22(39)49-19-14-34(4,46)23-18(19)8-12-48-30(23)52-31-28(44)26(42)24(40)20(15-37)50-31/h7-8,11-13,18-21,23-32,37-38,40-47H,6,9-10,14-16H2,1-5H3/t18-,19+,20+,21+,23+,24+,25+,26-,27-,28+,29+,30-,31-,32-,34-,35+,36+/m0/s1. The van der Waals surface area contributed by atoms with Crippen molar-refractivity contribution in [1.29, 1.82) is 0 Å². The van der Waals surface area contributed by atoms with Crippen molar-refractivity contribution in [2.24, 2.45) is 17.3 Å². The summed E-state index contributed by atoms with van der Waals surface area (Å²) in [4.78, 5) is 13.2. The molecule has 0 aromatic heterocycles. The van der Waals surface area contributed by atoms with Crippen LogP contribution >= 0.6 is 0 Å². The third kappa shape index (κ3) is 7.97. The molecule has 5 aliphatic rings. The Kier molecular flexibility index (Phi) is 12.6. The highest BCUT2D eigenvalue weighted by Crippen LogP contribution is 2.53. The molecule has 0 bridgehead atoms. The van der Waals surface area contributed by atoms with Gasteiger partial charge in [-0.25, -0.2) is 4.79 Å². The maximum atomic E-state index is 13.2. The normalized spacial score (nSPS) is 48.7. The molecule has 0 spiro atoms. The number of aliphatic hydroxyl groups excluding tert-OH is 8. The van der Waals surface area contributed by atoms with Gasteiger partial charge >= 0.3 is 5.97 Å². The van der Waals surface area contributed by atoms with Gasteiger partial charge in [0.2, 0.25) is 6.29 Å². The van der Waals surface area contributed by atoms with Crippen molar-refractivity contribution in [3.63, 3.8) is 0 Å². The van der Waals surface area contributed by atoms with Crippen LogP contribution in [0.4, 0.5) is 0 Å². The number of hydrogen-bond donors (Lipinski definition) is 10. The van der Waals surface area contributed by atoms with E-state index in [0.29, 0.717) is 24.8 Å². The second-order valence-corrected chi connectivity index (χ2v) is 16.1. The number of allylic oxidation sites excluding steroid dienone is 2. The first kappa shape index (κ1) is 42.1. The third-order valence-electron chi connectivity index (χ3n) is 11.8. The Morgan fingerprint density at radius 3 is 2.02 bits per heavy atom. The van der Waals surface area contributed by atoms with E-state index in [9.17, 15) is 55.9 Å². The zero-order valence-electron chi connectivity index (χ0n) is 30.5. The maximum Gasteiger partial charge on any atom is 0.331 e. The molecule has 0 radical (unpaired) electrons. The fourth-order valence-electron chi connectivity index (χ4n) is 8.50. The van der Waals surface area contributed by atoms with E-state index in [2.05, 4.69) is 0 Å². The van der Waals surface area contributed by atoms with Crippen molar-refractivity contribution in [3.8, 4) is 0 Å². The smallest absolute Gasteiger partial charge is 0.331 e. The monoisotopic (exact) mass is 760 g/mol. The highest BCUT2D eigenvalue weighted by atomic mass is 16.8. The summed E-state index contributed by atoms with van der Waals surface area (Å²) in [5.41, 5.74) is -5.00. The molecule has 2 saturated carbocycles. The molecule has 0 unspecified atom stereocenters. The largest absolute Gasteiger partial charge is 0.472 e. The van der Waals surface area contributed by atoms with Gasteiger partial charge in [-0.3, -0.25) is 0 Å². The summed E-state index contributed by atoms with van der Waals surface area (Å²) < 4.78 is 34.5. The second kappa shape index (κ2) is 15.8. The predicted molar refractivity (Wildman–Crippen MR) is 180 cm³/mol. The summed E-state index contributed by atoms with van der Waals surface area (Å²) in [6.45, 7) is 7.17. The Morgan fingerprint density at radius 2 is 1.42 bits per heavy atom. The first-order valence-corrected chi connectivity index (χ1v) is 18.0. The van der Waals surface area contributed by atoms with Crippen LogP contribution < -0.4 is 0 Å². The molecular formula is C36H56O17. The van der Waals surface area contributed by atoms with E-state index in [4.69, 9.17) is 28.4 Å². The van der Waals surface area contributed by atoms with Crippen molar-refractivity contribution in [1.82, 2.24) is 0 Å². The molecule has 0 amide bonds. The summed E-state index contributed by atoms with van der Waals surface area (Å²) >= 11 is 0. The highest BCUT2D eigenvalue weighted by Gasteiger charge is 2.61. The number of aliphatic hydroxyl groups is 10. The molecule has 4 fully saturated rings. The number of carbonyl (C=O) groups excluding carboxylic acids is 1. The Morgan fingerprint density at radius 1 is 0.830 bits per heavy atom. The van der Waals surface area contributed by atoms with E-state index < -0.39 is 127 Å². The van der Waals surface area contributed by atoms with Gasteiger partial charge in [-0.2, -0.15) is 0 Å². The van der Waals surface area contributed by atoms with Crippen LogP contribution in [0.2, 0.25) is 0 Å². The van der Waals surface area contributed by atoms with Gasteiger partial charge in [0.1, 0.15) is 66.1 Å². The molecule has 10 N–H and O–H groups in total. The predicted octanol–water partition coefficient (Wildman–Crippen LogP) is -2.01. The molecule has 2 aliphatic carbocycles. The van der Waals surface area contributed by atoms with Crippen molar-refractivity contribution in [2.75, 3.05) is 13.2 Å². The fraction of sp³-hybridized carbons (Fsp3) is 0.806. The quantitative estimate of drug-likeness (QED) is 0.0655. The molecular weight excluding hydrogens is 704 g/mol. The fourth-order valence-corrected chi connectivity index (χ4v) is 8.50. The minimum atomic E-state index is -1.71. The van der Waals surface area contributed by atoms with Crippen LogP contribution in [0.15, 0.2) is 36.1 Å². The van der Waals surface area contributed by atoms with E-state index in [1.54, 1.807) is 19.9 Å². The van der Waals surface area contributed by atoms with Gasteiger partial charge in [-0.1, -0.05) is 19.9 Å². The van der Waals surface area contributed by atoms with Crippen LogP contribution in [0.5, 0.6) is 0 Å². The number of hydrogen-bond acceptors (Lipinski definition) is 17. The number of ether oxygens (including phenoxy) is 6. The van der Waals surface area contributed by atoms with Crippen LogP contribution in [0.1, 0.15) is 60.3 Å². The summed E-state index contributed by atoms with van der Waals surface area (Å²) in [5, 5.41) is 105. The second-order valence-electron chi connectivity index (χ2n) is 16.1. The highest BCUT2D eigenvalue weighted by molar-refractivity contribution is 5.83. The first-order chi connectivity index (χ1) is 24.7. The van der Waals surface area contributed by atoms with E-state index in [1.807, 2.05) is 13.8 Å². The maximum absolute atomic E-state index is 13.2. The Hall–Kier alpha value is -2.07. The van der Waals surface area contributed by atoms with Crippen LogP contribution in [-0.2, 0) is 33.2 Å². The Bertz CT molecular complexity index is 1380. The molecule has 3 aliphatic heterocycles. The summed E-state index contributed by atoms with van der Waals surface area (Å²) in [5.74, 6) is -2.17. The lowest BCUT2D eigenvalue weighted by Gasteiger charge is -2.57. The van der Waals surface area contributed by atoms with E-state index in [1.165, 1.54) is 31.4 Å². The molecule has 302 valence electrons. The van der Waals surface area contributed by atoms with Crippen LogP contribution in [0.25, 0.3) is 0 Å². The van der Waals surface area contributed by atoms with Gasteiger partial charge in [-0.15, -0.1) is 0 Å². The molecule has 0 aromatic rings. The number of carbonyl (C=O) groups is 1. The molecule has 5 rings (SSSR count). The number of esters is 1. The summed E-state index contributed by atoms with van der Waals surface area (Å²) in [7, 11) is 0. The SMILES string of the molecule is CC(C=C[C@@]1(O)C(C)(C)CCC[C@@]1(C)O[C@@H]1O[C@H](CO)[C@@H](O)[C@H](O)[C@H]1O)=CC(=O)O[C@@H]1C[C@](C)(O)[C@H]2[C@H](O[C@@H]3O[C@H](CO)[C@@H](O)[C@H](O)[C@H]3O)OC=C[C@H]21. The third-order valence-corrected chi connectivity index (χ3v) is 11.8. The summed E-state index contributed by atoms with van der Waals surface area (Å²) in [6.07, 6.45) is -8.66. The van der Waals surface area contributed by atoms with Gasteiger partial charge in [0, 0.05) is 18.4 Å². The lowest BCUT2D eigenvalue weighted by atomic mass is 9.58. The molecule has 3 heterocycles. The van der Waals surface area contributed by atoms with Gasteiger partial charge in [0.15, 0.2) is 12.6 Å². The van der Waals surface area contributed by atoms with Crippen molar-refractivity contribution < 1.29 is 84.3 Å². The number of rotatable bonds is 10. The van der Waals surface area contributed by atoms with Gasteiger partial charge < -0.3 is 79.5 Å². The summed E-state index contributed by atoms with van der Waals surface area (Å²) in [6, 6.07) is 0. The van der Waals surface area contributed by atoms with Gasteiger partial charge in [0.05, 0.1) is 31.0 Å². The van der Waals surface area contributed by atoms with Crippen molar-refractivity contribution >= 4 is 5.97 Å². The Labute approximate surface area is 307 Å². The lowest BCUT2D eigenvalue weighted by molar-refractivity contribution is -0.352. The van der Waals surface area contributed by atoms with Crippen LogP contribution in [0, 0.1) is 17.3 Å². The number of fused-ring (bicyclic) bond motifs is 1. The van der Waals surface area contributed by atoms with E-state index >= 15 is 0 Å². The first-order valence-electron chi connectivity index (χ1n) is 18.0. The molecule has 17 nitrogen and oxygen atoms in total. The molecule has 2 saturated heterocycles. The zero-order valence-corrected chi connectivity index (χ0v) is 30.5. The van der Waals surface area contributed by atoms with Crippen LogP contribution in [-0.4, -0.2) is 161 Å². The minimum Gasteiger partial charge on any atom is -0.472 e. The molecule has 0 aromatic carbocycles. The van der Waals surface area contributed by atoms with Crippen molar-refractivity contribution in [2.45, 2.75) is 151 Å². The minimum absolute atomic E-state index is 0.0133. The van der Waals surface area contributed by atoms with E-state index in [-0.39, 0.29) is 6.42 Å². The van der Waals surface area contributed by atoms with Gasteiger partial charge in [0.25, 0.3) is 0 Å². The Balaban J connectivity index is 1.28. The average molecular weight is 761 g/mol. The molecule has 17 atom stereocenters.